The van der Waals surface area contributed by atoms with Gasteiger partial charge in [0.1, 0.15) is 17.3 Å². The number of alkyl halides is 3. The maximum atomic E-state index is 13.7. The van der Waals surface area contributed by atoms with Gasteiger partial charge in [-0.1, -0.05) is 66.7 Å². The third-order valence-electron chi connectivity index (χ3n) is 6.85. The van der Waals surface area contributed by atoms with Crippen LogP contribution in [-0.4, -0.2) is 10.0 Å². The highest BCUT2D eigenvalue weighted by Crippen LogP contribution is 2.47. The average Bonchev–Trinajstić information content (AvgIpc) is 2.81. The predicted octanol–water partition coefficient (Wildman–Crippen LogP) is 9.91. The molecule has 0 aliphatic heterocycles. The molecule has 0 saturated heterocycles. The third kappa shape index (κ3) is 6.84. The molecule has 0 unspecified atom stereocenters. The van der Waals surface area contributed by atoms with Gasteiger partial charge in [-0.2, -0.15) is 13.2 Å². The van der Waals surface area contributed by atoms with E-state index in [1.807, 2.05) is 33.8 Å². The van der Waals surface area contributed by atoms with E-state index in [1.165, 1.54) is 12.1 Å². The summed E-state index contributed by atoms with van der Waals surface area (Å²) in [5.41, 5.74) is -1.88. The van der Waals surface area contributed by atoms with E-state index in [-0.39, 0.29) is 16.9 Å². The quantitative estimate of drug-likeness (QED) is 0.135. The number of aromatic hydroxyl groups is 1. The summed E-state index contributed by atoms with van der Waals surface area (Å²) in [5.74, 6) is -0.705. The van der Waals surface area contributed by atoms with Gasteiger partial charge in [0, 0.05) is 17.0 Å². The van der Waals surface area contributed by atoms with Gasteiger partial charge in [-0.05, 0) is 58.7 Å². The zero-order valence-corrected chi connectivity index (χ0v) is 23.5. The molecule has 0 atom stereocenters. The number of nitro groups is 1. The van der Waals surface area contributed by atoms with E-state index in [0.717, 1.165) is 18.1 Å². The first-order valence-corrected chi connectivity index (χ1v) is 12.6. The van der Waals surface area contributed by atoms with Crippen molar-refractivity contribution in [3.05, 3.63) is 92.8 Å². The zero-order chi connectivity index (χ0) is 30.3. The fourth-order valence-electron chi connectivity index (χ4n) is 5.05. The number of hydrogen-bond donors (Lipinski definition) is 1. The maximum Gasteiger partial charge on any atom is 0.416 e. The Kier molecular flexibility index (Phi) is 8.16. The van der Waals surface area contributed by atoms with Gasteiger partial charge in [0.25, 0.3) is 5.69 Å². The van der Waals surface area contributed by atoms with Gasteiger partial charge in [-0.25, -0.2) is 4.39 Å². The van der Waals surface area contributed by atoms with Crippen LogP contribution < -0.4 is 0 Å². The molecule has 1 N–H and O–H groups in total. The second kappa shape index (κ2) is 10.6. The van der Waals surface area contributed by atoms with E-state index < -0.39 is 44.7 Å². The molecule has 0 fully saturated rings. The topological polar surface area (TPSA) is 88.1 Å². The molecule has 0 heterocycles. The van der Waals surface area contributed by atoms with Gasteiger partial charge in [-0.15, -0.1) is 10.2 Å². The van der Waals surface area contributed by atoms with Gasteiger partial charge in [0.05, 0.1) is 10.5 Å². The number of halogens is 4. The molecule has 40 heavy (non-hydrogen) atoms. The Balaban J connectivity index is 2.27. The van der Waals surface area contributed by atoms with E-state index in [2.05, 4.69) is 31.0 Å². The third-order valence-corrected chi connectivity index (χ3v) is 6.85. The van der Waals surface area contributed by atoms with E-state index in [9.17, 15) is 32.8 Å². The van der Waals surface area contributed by atoms with Gasteiger partial charge in [-0.3, -0.25) is 10.1 Å². The highest BCUT2D eigenvalue weighted by atomic mass is 19.4. The van der Waals surface area contributed by atoms with E-state index in [1.54, 1.807) is 18.2 Å². The molecule has 214 valence electrons. The molecule has 0 radical (unpaired) electrons. The number of hydrogen-bond acceptors (Lipinski definition) is 5. The number of phenols is 1. The number of nitrogens with zero attached hydrogens (tertiary/aromatic N) is 3. The fourth-order valence-corrected chi connectivity index (χ4v) is 5.05. The zero-order valence-electron chi connectivity index (χ0n) is 23.5. The Hall–Kier alpha value is -3.82. The molecule has 0 spiro atoms. The van der Waals surface area contributed by atoms with Crippen molar-refractivity contribution in [2.24, 2.45) is 15.6 Å². The summed E-state index contributed by atoms with van der Waals surface area (Å²) in [7, 11) is 0. The fraction of sp³-hybridized carbons (Fsp3) is 0.400. The highest BCUT2D eigenvalue weighted by Gasteiger charge is 2.34. The molecule has 0 aliphatic carbocycles. The molecular formula is C30H33F4N3O3. The number of azo groups is 1. The predicted molar refractivity (Wildman–Crippen MR) is 146 cm³/mol. The van der Waals surface area contributed by atoms with Crippen LogP contribution in [0.2, 0.25) is 0 Å². The summed E-state index contributed by atoms with van der Waals surface area (Å²) in [5, 5.41) is 30.7. The number of nitro benzene ring substituents is 1. The molecule has 3 aromatic rings. The smallest absolute Gasteiger partial charge is 0.416 e. The number of phenolic OH excluding ortho intramolecular Hbond substituents is 1. The lowest BCUT2D eigenvalue weighted by atomic mass is 9.70. The van der Waals surface area contributed by atoms with Crippen molar-refractivity contribution >= 4 is 17.1 Å². The Bertz CT molecular complexity index is 1440. The Morgan fingerprint density at radius 1 is 0.800 bits per heavy atom. The SMILES string of the molecule is CC(C)(C)CC(C)(C)c1cc(/N=N/c2cc(C(F)(F)F)ccc2[N+](=O)[O-])c(O)c(C(C)(C)c2ccc(F)cc2)c1. The van der Waals surface area contributed by atoms with Crippen LogP contribution in [-0.2, 0) is 17.0 Å². The maximum absolute atomic E-state index is 13.7. The summed E-state index contributed by atoms with van der Waals surface area (Å²) < 4.78 is 53.6. The normalized spacial score (nSPS) is 13.2. The number of benzene rings is 3. The van der Waals surface area contributed by atoms with Gasteiger partial charge >= 0.3 is 6.18 Å². The van der Waals surface area contributed by atoms with E-state index in [0.29, 0.717) is 23.3 Å². The second-order valence-electron chi connectivity index (χ2n) is 12.3. The lowest BCUT2D eigenvalue weighted by Gasteiger charge is -2.35. The minimum absolute atomic E-state index is 0.0589. The van der Waals surface area contributed by atoms with Crippen molar-refractivity contribution in [1.82, 2.24) is 0 Å². The van der Waals surface area contributed by atoms with Crippen LogP contribution in [0.3, 0.4) is 0 Å². The van der Waals surface area contributed by atoms with Crippen molar-refractivity contribution in [2.75, 3.05) is 0 Å². The van der Waals surface area contributed by atoms with Crippen LogP contribution in [0, 0.1) is 21.3 Å². The van der Waals surface area contributed by atoms with Crippen LogP contribution in [0.4, 0.5) is 34.6 Å². The van der Waals surface area contributed by atoms with E-state index >= 15 is 0 Å². The molecule has 0 aromatic heterocycles. The molecule has 10 heteroatoms. The summed E-state index contributed by atoms with van der Waals surface area (Å²) >= 11 is 0. The van der Waals surface area contributed by atoms with Crippen molar-refractivity contribution in [3.8, 4) is 5.75 Å². The lowest BCUT2D eigenvalue weighted by molar-refractivity contribution is -0.384. The van der Waals surface area contributed by atoms with E-state index in [4.69, 9.17) is 0 Å². The minimum atomic E-state index is -4.75. The van der Waals surface area contributed by atoms with Gasteiger partial charge in [0.2, 0.25) is 0 Å². The summed E-state index contributed by atoms with van der Waals surface area (Å²) in [6, 6.07) is 11.2. The molecule has 3 aromatic carbocycles. The first-order chi connectivity index (χ1) is 18.2. The van der Waals surface area contributed by atoms with Crippen molar-refractivity contribution in [3.63, 3.8) is 0 Å². The second-order valence-corrected chi connectivity index (χ2v) is 12.3. The van der Waals surface area contributed by atoms with Crippen molar-refractivity contribution < 1.29 is 27.6 Å². The Labute approximate surface area is 230 Å². The highest BCUT2D eigenvalue weighted by molar-refractivity contribution is 5.64. The Morgan fingerprint density at radius 2 is 1.32 bits per heavy atom. The van der Waals surface area contributed by atoms with Gasteiger partial charge < -0.3 is 5.11 Å². The molecule has 0 bridgehead atoms. The standard InChI is InChI=1S/C30H33F4N3O3/c1-27(2,3)17-28(4,5)20-14-22(29(6,7)18-8-11-21(31)12-9-18)26(38)24(16-20)36-35-23-15-19(30(32,33)34)10-13-25(23)37(39)40/h8-16,38H,17H2,1-7H3/b36-35+. The summed E-state index contributed by atoms with van der Waals surface area (Å²) in [6.07, 6.45) is -4.01. The van der Waals surface area contributed by atoms with Crippen LogP contribution in [0.5, 0.6) is 5.75 Å². The van der Waals surface area contributed by atoms with Gasteiger partial charge in [0.15, 0.2) is 5.69 Å². The molecular weight excluding hydrogens is 526 g/mol. The first-order valence-electron chi connectivity index (χ1n) is 12.6. The molecule has 0 saturated carbocycles. The molecule has 3 rings (SSSR count). The van der Waals surface area contributed by atoms with Crippen molar-refractivity contribution in [1.29, 1.82) is 0 Å². The first kappa shape index (κ1) is 30.7. The minimum Gasteiger partial charge on any atom is -0.505 e. The molecule has 0 aliphatic rings. The monoisotopic (exact) mass is 559 g/mol. The Morgan fingerprint density at radius 3 is 1.85 bits per heavy atom. The van der Waals surface area contributed by atoms with Crippen LogP contribution in [0.25, 0.3) is 0 Å². The summed E-state index contributed by atoms with van der Waals surface area (Å²) in [6.45, 7) is 14.0. The van der Waals surface area contributed by atoms with Crippen LogP contribution >= 0.6 is 0 Å². The largest absolute Gasteiger partial charge is 0.505 e. The molecule has 6 nitrogen and oxygen atoms in total. The number of rotatable bonds is 7. The molecule has 0 amide bonds. The average molecular weight is 560 g/mol. The van der Waals surface area contributed by atoms with Crippen LogP contribution in [0.1, 0.15) is 77.1 Å². The summed E-state index contributed by atoms with van der Waals surface area (Å²) in [4.78, 5) is 10.6. The van der Waals surface area contributed by atoms with Crippen molar-refractivity contribution in [2.45, 2.75) is 71.9 Å². The lowest BCUT2D eigenvalue weighted by Crippen LogP contribution is -2.26. The van der Waals surface area contributed by atoms with Crippen LogP contribution in [0.15, 0.2) is 64.8 Å².